The third-order valence-electron chi connectivity index (χ3n) is 5.08. The van der Waals surface area contributed by atoms with Gasteiger partial charge in [0.2, 0.25) is 0 Å². The minimum Gasteiger partial charge on any atom is -0.493 e. The van der Waals surface area contributed by atoms with E-state index >= 15 is 0 Å². The molecule has 0 bridgehead atoms. The Kier molecular flexibility index (Phi) is 5.11. The molecule has 0 amide bonds. The van der Waals surface area contributed by atoms with E-state index in [1.165, 1.54) is 22.5 Å². The normalized spacial score (nSPS) is 11.0. The van der Waals surface area contributed by atoms with Gasteiger partial charge in [-0.05, 0) is 42.7 Å². The number of benzene rings is 2. The summed E-state index contributed by atoms with van der Waals surface area (Å²) in [5.41, 5.74) is 6.06. The average molecular weight is 407 g/mol. The maximum Gasteiger partial charge on any atom is 0.271 e. The molecule has 0 fully saturated rings. The van der Waals surface area contributed by atoms with Crippen LogP contribution >= 0.6 is 11.3 Å². The molecule has 0 N–H and O–H groups in total. The number of aromatic nitrogens is 2. The highest BCUT2D eigenvalue weighted by atomic mass is 32.1. The SMILES string of the molecule is COc1ccc(-c2csc3c(=O)n(Cc4ccc(C)cc4C)cnc23)cc1OC. The summed E-state index contributed by atoms with van der Waals surface area (Å²) in [4.78, 5) is 17.7. The van der Waals surface area contributed by atoms with Gasteiger partial charge in [-0.3, -0.25) is 9.36 Å². The Balaban J connectivity index is 1.75. The predicted molar refractivity (Wildman–Crippen MR) is 117 cm³/mol. The van der Waals surface area contributed by atoms with Crippen LogP contribution in [0.2, 0.25) is 0 Å². The lowest BCUT2D eigenvalue weighted by atomic mass is 10.1. The van der Waals surface area contributed by atoms with Gasteiger partial charge in [-0.2, -0.15) is 0 Å². The molecule has 2 heterocycles. The van der Waals surface area contributed by atoms with E-state index in [-0.39, 0.29) is 5.56 Å². The number of rotatable bonds is 5. The number of hydrogen-bond donors (Lipinski definition) is 0. The first-order valence-corrected chi connectivity index (χ1v) is 10.1. The van der Waals surface area contributed by atoms with Crippen molar-refractivity contribution in [3.63, 3.8) is 0 Å². The lowest BCUT2D eigenvalue weighted by molar-refractivity contribution is 0.355. The Bertz CT molecular complexity index is 1260. The summed E-state index contributed by atoms with van der Waals surface area (Å²) in [5, 5.41) is 1.97. The first kappa shape index (κ1) is 19.2. The molecule has 6 heteroatoms. The number of ether oxygens (including phenoxy) is 2. The number of methoxy groups -OCH3 is 2. The number of aryl methyl sites for hydroxylation is 2. The minimum absolute atomic E-state index is 0.0216. The van der Waals surface area contributed by atoms with Crippen LogP contribution in [-0.4, -0.2) is 23.8 Å². The van der Waals surface area contributed by atoms with Gasteiger partial charge in [-0.15, -0.1) is 11.3 Å². The second-order valence-electron chi connectivity index (χ2n) is 7.00. The molecule has 0 aliphatic heterocycles. The summed E-state index contributed by atoms with van der Waals surface area (Å²) in [6.45, 7) is 4.65. The van der Waals surface area contributed by atoms with Crippen molar-refractivity contribution in [3.05, 3.63) is 75.1 Å². The van der Waals surface area contributed by atoms with Gasteiger partial charge in [-0.25, -0.2) is 4.98 Å². The van der Waals surface area contributed by atoms with Gasteiger partial charge < -0.3 is 9.47 Å². The molecular formula is C23H22N2O3S. The summed E-state index contributed by atoms with van der Waals surface area (Å²) in [6.07, 6.45) is 1.64. The zero-order chi connectivity index (χ0) is 20.5. The molecule has 0 aliphatic carbocycles. The van der Waals surface area contributed by atoms with Crippen molar-refractivity contribution in [2.45, 2.75) is 20.4 Å². The standard InChI is InChI=1S/C23H22N2O3S/c1-14-5-6-17(15(2)9-14)11-25-13-24-21-18(12-29-22(21)23(25)26)16-7-8-19(27-3)20(10-16)28-4/h5-10,12-13H,11H2,1-4H3. The second kappa shape index (κ2) is 7.72. The predicted octanol–water partition coefficient (Wildman–Crippen LogP) is 4.81. The maximum atomic E-state index is 13.1. The molecule has 4 aromatic rings. The summed E-state index contributed by atoms with van der Waals surface area (Å²) < 4.78 is 13.1. The Labute approximate surface area is 173 Å². The van der Waals surface area contributed by atoms with Crippen molar-refractivity contribution in [2.24, 2.45) is 0 Å². The van der Waals surface area contributed by atoms with Crippen molar-refractivity contribution in [2.75, 3.05) is 14.2 Å². The molecule has 2 aromatic heterocycles. The highest BCUT2D eigenvalue weighted by Gasteiger charge is 2.15. The Hall–Kier alpha value is -3.12. The average Bonchev–Trinajstić information content (AvgIpc) is 3.16. The summed E-state index contributed by atoms with van der Waals surface area (Å²) in [6, 6.07) is 12.0. The van der Waals surface area contributed by atoms with Crippen LogP contribution in [0, 0.1) is 13.8 Å². The lowest BCUT2D eigenvalue weighted by Gasteiger charge is -2.10. The quantitative estimate of drug-likeness (QED) is 0.477. The first-order valence-electron chi connectivity index (χ1n) is 9.27. The van der Waals surface area contributed by atoms with E-state index < -0.39 is 0 Å². The van der Waals surface area contributed by atoms with E-state index in [0.29, 0.717) is 28.3 Å². The Morgan fingerprint density at radius 3 is 2.55 bits per heavy atom. The van der Waals surface area contributed by atoms with E-state index in [2.05, 4.69) is 37.0 Å². The van der Waals surface area contributed by atoms with E-state index in [0.717, 1.165) is 16.7 Å². The first-order chi connectivity index (χ1) is 14.0. The Morgan fingerprint density at radius 2 is 1.83 bits per heavy atom. The van der Waals surface area contributed by atoms with Gasteiger partial charge in [0.1, 0.15) is 4.70 Å². The van der Waals surface area contributed by atoms with Crippen LogP contribution in [0.4, 0.5) is 0 Å². The summed E-state index contributed by atoms with van der Waals surface area (Å²) >= 11 is 1.42. The van der Waals surface area contributed by atoms with E-state index in [1.807, 2.05) is 23.6 Å². The number of hydrogen-bond acceptors (Lipinski definition) is 5. The molecule has 4 rings (SSSR count). The fourth-order valence-corrected chi connectivity index (χ4v) is 4.45. The third-order valence-corrected chi connectivity index (χ3v) is 6.04. The van der Waals surface area contributed by atoms with Crippen molar-refractivity contribution in [1.82, 2.24) is 9.55 Å². The number of thiophene rings is 1. The van der Waals surface area contributed by atoms with Gasteiger partial charge in [0.15, 0.2) is 11.5 Å². The molecule has 0 unspecified atom stereocenters. The molecule has 0 aliphatic rings. The highest BCUT2D eigenvalue weighted by molar-refractivity contribution is 7.17. The Morgan fingerprint density at radius 1 is 1.03 bits per heavy atom. The fraction of sp³-hybridized carbons (Fsp3) is 0.217. The van der Waals surface area contributed by atoms with Gasteiger partial charge >= 0.3 is 0 Å². The molecule has 2 aromatic carbocycles. The largest absolute Gasteiger partial charge is 0.493 e. The van der Waals surface area contributed by atoms with Crippen molar-refractivity contribution < 1.29 is 9.47 Å². The molecule has 29 heavy (non-hydrogen) atoms. The van der Waals surface area contributed by atoms with Crippen LogP contribution in [0.15, 0.2) is 52.9 Å². The lowest BCUT2D eigenvalue weighted by Crippen LogP contribution is -2.20. The van der Waals surface area contributed by atoms with Crippen molar-refractivity contribution >= 4 is 21.6 Å². The van der Waals surface area contributed by atoms with Crippen LogP contribution in [-0.2, 0) is 6.54 Å². The monoisotopic (exact) mass is 406 g/mol. The molecular weight excluding hydrogens is 384 g/mol. The number of fused-ring (bicyclic) bond motifs is 1. The van der Waals surface area contributed by atoms with Crippen LogP contribution in [0.3, 0.4) is 0 Å². The van der Waals surface area contributed by atoms with Crippen LogP contribution in [0.25, 0.3) is 21.3 Å². The molecule has 5 nitrogen and oxygen atoms in total. The molecule has 0 saturated heterocycles. The smallest absolute Gasteiger partial charge is 0.271 e. The zero-order valence-electron chi connectivity index (χ0n) is 16.9. The molecule has 0 saturated carbocycles. The van der Waals surface area contributed by atoms with Crippen molar-refractivity contribution in [1.29, 1.82) is 0 Å². The molecule has 0 atom stereocenters. The molecule has 0 radical (unpaired) electrons. The topological polar surface area (TPSA) is 53.4 Å². The fourth-order valence-electron chi connectivity index (χ4n) is 3.47. The highest BCUT2D eigenvalue weighted by Crippen LogP contribution is 2.36. The van der Waals surface area contributed by atoms with E-state index in [1.54, 1.807) is 25.1 Å². The summed E-state index contributed by atoms with van der Waals surface area (Å²) in [7, 11) is 3.22. The summed E-state index contributed by atoms with van der Waals surface area (Å²) in [5.74, 6) is 1.31. The van der Waals surface area contributed by atoms with Crippen LogP contribution < -0.4 is 15.0 Å². The van der Waals surface area contributed by atoms with Crippen molar-refractivity contribution in [3.8, 4) is 22.6 Å². The second-order valence-corrected chi connectivity index (χ2v) is 7.88. The van der Waals surface area contributed by atoms with Gasteiger partial charge in [0.25, 0.3) is 5.56 Å². The van der Waals surface area contributed by atoms with E-state index in [9.17, 15) is 4.79 Å². The molecule has 0 spiro atoms. The van der Waals surface area contributed by atoms with E-state index in [4.69, 9.17) is 9.47 Å². The van der Waals surface area contributed by atoms with Gasteiger partial charge in [0, 0.05) is 10.9 Å². The molecule has 148 valence electrons. The third kappa shape index (κ3) is 3.51. The minimum atomic E-state index is -0.0216. The number of nitrogens with zero attached hydrogens (tertiary/aromatic N) is 2. The van der Waals surface area contributed by atoms with Crippen LogP contribution in [0.5, 0.6) is 11.5 Å². The zero-order valence-corrected chi connectivity index (χ0v) is 17.7. The van der Waals surface area contributed by atoms with Crippen LogP contribution in [0.1, 0.15) is 16.7 Å². The van der Waals surface area contributed by atoms with Gasteiger partial charge in [0.05, 0.1) is 32.6 Å². The van der Waals surface area contributed by atoms with Gasteiger partial charge in [-0.1, -0.05) is 29.8 Å². The maximum absolute atomic E-state index is 13.1.